The van der Waals surface area contributed by atoms with Crippen LogP contribution in [0.3, 0.4) is 0 Å². The Kier molecular flexibility index (Phi) is 4.16. The number of nitrogens with two attached hydrogens (primary N) is 1. The maximum absolute atomic E-state index is 11.4. The van der Waals surface area contributed by atoms with Crippen LogP contribution < -0.4 is 5.14 Å². The van der Waals surface area contributed by atoms with E-state index in [1.807, 2.05) is 0 Å². The van der Waals surface area contributed by atoms with E-state index in [0.29, 0.717) is 5.56 Å². The van der Waals surface area contributed by atoms with Gasteiger partial charge < -0.3 is 0 Å². The molecule has 0 aliphatic carbocycles. The maximum atomic E-state index is 11.4. The van der Waals surface area contributed by atoms with E-state index in [9.17, 15) is 16.8 Å². The molecule has 102 valence electrons. The fourth-order valence-electron chi connectivity index (χ4n) is 1.43. The Labute approximate surface area is 108 Å². The number of benzene rings is 1. The van der Waals surface area contributed by atoms with E-state index in [0.717, 1.165) is 6.26 Å². The molecule has 0 saturated heterocycles. The summed E-state index contributed by atoms with van der Waals surface area (Å²) in [6, 6.07) is 5.43. The van der Waals surface area contributed by atoms with E-state index >= 15 is 0 Å². The van der Waals surface area contributed by atoms with E-state index in [4.69, 9.17) is 5.14 Å². The van der Waals surface area contributed by atoms with Crippen LogP contribution in [0, 0.1) is 0 Å². The summed E-state index contributed by atoms with van der Waals surface area (Å²) in [6.45, 7) is 1.72. The van der Waals surface area contributed by atoms with Gasteiger partial charge in [-0.3, -0.25) is 0 Å². The Morgan fingerprint density at radius 1 is 1.11 bits per heavy atom. The number of hydrogen-bond acceptors (Lipinski definition) is 4. The van der Waals surface area contributed by atoms with Crippen molar-refractivity contribution in [3.8, 4) is 0 Å². The van der Waals surface area contributed by atoms with Gasteiger partial charge in [0.25, 0.3) is 0 Å². The fourth-order valence-corrected chi connectivity index (χ4v) is 2.64. The Morgan fingerprint density at radius 2 is 1.56 bits per heavy atom. The molecule has 8 heteroatoms. The van der Waals surface area contributed by atoms with Gasteiger partial charge in [-0.15, -0.1) is 0 Å². The molecule has 0 spiro atoms. The fraction of sp³-hybridized carbons (Fsp3) is 0.400. The van der Waals surface area contributed by atoms with Crippen molar-refractivity contribution in [3.63, 3.8) is 0 Å². The topological polar surface area (TPSA) is 97.5 Å². The molecule has 2 N–H and O–H groups in total. The number of nitrogens with zero attached hydrogens (tertiary/aromatic N) is 1. The molecular weight excluding hydrogens is 276 g/mol. The lowest BCUT2D eigenvalue weighted by Gasteiger charge is -2.22. The van der Waals surface area contributed by atoms with Gasteiger partial charge >= 0.3 is 0 Å². The first-order valence-corrected chi connectivity index (χ1v) is 8.48. The molecule has 1 aromatic rings. The highest BCUT2D eigenvalue weighted by atomic mass is 32.2. The number of sulfonamides is 2. The summed E-state index contributed by atoms with van der Waals surface area (Å²) in [4.78, 5) is 0.000425. The molecule has 0 saturated carbocycles. The molecule has 6 nitrogen and oxygen atoms in total. The van der Waals surface area contributed by atoms with Gasteiger partial charge in [0.1, 0.15) is 0 Å². The second-order valence-electron chi connectivity index (χ2n) is 4.07. The maximum Gasteiger partial charge on any atom is 0.238 e. The van der Waals surface area contributed by atoms with Gasteiger partial charge in [-0.25, -0.2) is 22.0 Å². The number of hydrogen-bond donors (Lipinski definition) is 1. The lowest BCUT2D eigenvalue weighted by atomic mass is 10.1. The molecule has 0 aromatic heterocycles. The van der Waals surface area contributed by atoms with Gasteiger partial charge in [-0.1, -0.05) is 12.1 Å². The lowest BCUT2D eigenvalue weighted by Crippen LogP contribution is -2.28. The molecule has 1 atom stereocenters. The zero-order chi connectivity index (χ0) is 14.1. The molecule has 0 fully saturated rings. The summed E-state index contributed by atoms with van der Waals surface area (Å²) < 4.78 is 46.1. The molecule has 0 radical (unpaired) electrons. The van der Waals surface area contributed by atoms with Crippen LogP contribution in [0.1, 0.15) is 18.5 Å². The van der Waals surface area contributed by atoms with E-state index in [-0.39, 0.29) is 10.9 Å². The minimum atomic E-state index is -3.73. The van der Waals surface area contributed by atoms with Crippen molar-refractivity contribution in [3.05, 3.63) is 29.8 Å². The molecule has 1 aromatic carbocycles. The van der Waals surface area contributed by atoms with Crippen LogP contribution in [-0.2, 0) is 20.0 Å². The van der Waals surface area contributed by atoms with Gasteiger partial charge in [0, 0.05) is 13.1 Å². The standard InChI is InChI=1S/C10H16N2O4S2/c1-8(12(2)17(3,13)14)9-4-6-10(7-5-9)18(11,15)16/h4-8H,1-3H3,(H2,11,15,16)/t8-/m0/s1. The van der Waals surface area contributed by atoms with Crippen molar-refractivity contribution in [2.24, 2.45) is 5.14 Å². The first-order chi connectivity index (χ1) is 8.03. The van der Waals surface area contributed by atoms with E-state index in [2.05, 4.69) is 0 Å². The molecule has 0 unspecified atom stereocenters. The number of primary sulfonamides is 1. The van der Waals surface area contributed by atoms with Crippen molar-refractivity contribution in [1.82, 2.24) is 4.31 Å². The molecule has 0 amide bonds. The van der Waals surface area contributed by atoms with Crippen molar-refractivity contribution in [2.75, 3.05) is 13.3 Å². The normalized spacial score (nSPS) is 14.7. The summed E-state index contributed by atoms with van der Waals surface area (Å²) in [5.41, 5.74) is 0.690. The monoisotopic (exact) mass is 292 g/mol. The highest BCUT2D eigenvalue weighted by Crippen LogP contribution is 2.22. The van der Waals surface area contributed by atoms with Crippen LogP contribution >= 0.6 is 0 Å². The van der Waals surface area contributed by atoms with Crippen molar-refractivity contribution in [1.29, 1.82) is 0 Å². The van der Waals surface area contributed by atoms with Gasteiger partial charge in [-0.2, -0.15) is 4.31 Å². The number of rotatable bonds is 4. The van der Waals surface area contributed by atoms with Gasteiger partial charge in [-0.05, 0) is 24.6 Å². The molecular formula is C10H16N2O4S2. The first-order valence-electron chi connectivity index (χ1n) is 5.09. The minimum absolute atomic E-state index is 0.000425. The summed E-state index contributed by atoms with van der Waals surface area (Å²) in [7, 11) is -5.56. The van der Waals surface area contributed by atoms with Crippen molar-refractivity contribution in [2.45, 2.75) is 17.9 Å². The molecule has 0 aliphatic heterocycles. The Balaban J connectivity index is 3.07. The van der Waals surface area contributed by atoms with Crippen LogP contribution in [0.15, 0.2) is 29.2 Å². The van der Waals surface area contributed by atoms with E-state index in [1.54, 1.807) is 19.1 Å². The zero-order valence-electron chi connectivity index (χ0n) is 10.4. The first kappa shape index (κ1) is 15.1. The largest absolute Gasteiger partial charge is 0.238 e. The van der Waals surface area contributed by atoms with Crippen LogP contribution in [0.2, 0.25) is 0 Å². The van der Waals surface area contributed by atoms with Crippen LogP contribution in [0.4, 0.5) is 0 Å². The highest BCUT2D eigenvalue weighted by Gasteiger charge is 2.20. The Bertz CT molecular complexity index is 620. The predicted octanol–water partition coefficient (Wildman–Crippen LogP) is 0.286. The van der Waals surface area contributed by atoms with Crippen LogP contribution in [0.5, 0.6) is 0 Å². The third kappa shape index (κ3) is 3.52. The Morgan fingerprint density at radius 3 is 1.89 bits per heavy atom. The predicted molar refractivity (Wildman–Crippen MR) is 68.8 cm³/mol. The SMILES string of the molecule is C[C@@H](c1ccc(S(N)(=O)=O)cc1)N(C)S(C)(=O)=O. The molecule has 1 rings (SSSR count). The average Bonchev–Trinajstić information content (AvgIpc) is 2.25. The van der Waals surface area contributed by atoms with Crippen LogP contribution in [-0.4, -0.2) is 34.4 Å². The average molecular weight is 292 g/mol. The minimum Gasteiger partial charge on any atom is -0.225 e. The van der Waals surface area contributed by atoms with Crippen molar-refractivity contribution >= 4 is 20.0 Å². The quantitative estimate of drug-likeness (QED) is 0.862. The summed E-state index contributed by atoms with van der Waals surface area (Å²) >= 11 is 0. The van der Waals surface area contributed by atoms with E-state index < -0.39 is 20.0 Å². The van der Waals surface area contributed by atoms with Gasteiger partial charge in [0.2, 0.25) is 20.0 Å². The molecule has 0 bridgehead atoms. The summed E-state index contributed by atoms with van der Waals surface area (Å²) in [5.74, 6) is 0. The molecule has 0 heterocycles. The third-order valence-electron chi connectivity index (χ3n) is 2.76. The highest BCUT2D eigenvalue weighted by molar-refractivity contribution is 7.89. The second kappa shape index (κ2) is 4.96. The molecule has 0 aliphatic rings. The third-order valence-corrected chi connectivity index (χ3v) is 5.05. The smallest absolute Gasteiger partial charge is 0.225 e. The summed E-state index contributed by atoms with van der Waals surface area (Å²) in [6.07, 6.45) is 1.11. The zero-order valence-corrected chi connectivity index (χ0v) is 12.0. The second-order valence-corrected chi connectivity index (χ2v) is 7.67. The van der Waals surface area contributed by atoms with Crippen LogP contribution in [0.25, 0.3) is 0 Å². The molecule has 18 heavy (non-hydrogen) atoms. The van der Waals surface area contributed by atoms with Crippen molar-refractivity contribution < 1.29 is 16.8 Å². The lowest BCUT2D eigenvalue weighted by molar-refractivity contribution is 0.402. The Hall–Kier alpha value is -0.960. The van der Waals surface area contributed by atoms with Gasteiger partial charge in [0.15, 0.2) is 0 Å². The summed E-state index contributed by atoms with van der Waals surface area (Å²) in [5, 5.41) is 4.98. The van der Waals surface area contributed by atoms with Gasteiger partial charge in [0.05, 0.1) is 11.2 Å². The van der Waals surface area contributed by atoms with E-state index in [1.165, 1.54) is 23.5 Å².